The molecule has 0 aromatic heterocycles. The molecule has 0 atom stereocenters. The van der Waals surface area contributed by atoms with Crippen molar-refractivity contribution in [1.82, 2.24) is 0 Å². The van der Waals surface area contributed by atoms with Gasteiger partial charge >= 0.3 is 0 Å². The molecule has 0 fully saturated rings. The number of hydrogen-bond donors (Lipinski definition) is 1. The Morgan fingerprint density at radius 2 is 2.29 bits per heavy atom. The molecule has 0 saturated heterocycles. The number of hydrogen-bond acceptors (Lipinski definition) is 3. The fraction of sp³-hybridized carbons (Fsp3) is 0.200. The zero-order valence-corrected chi connectivity index (χ0v) is 7.80. The van der Waals surface area contributed by atoms with E-state index in [2.05, 4.69) is 0 Å². The molecule has 0 aliphatic rings. The number of aryl methyl sites for hydroxylation is 1. The number of aliphatic hydroxyl groups is 1. The third kappa shape index (κ3) is 2.40. The van der Waals surface area contributed by atoms with E-state index in [9.17, 15) is 10.1 Å². The Bertz CT molecular complexity index is 372. The summed E-state index contributed by atoms with van der Waals surface area (Å²) in [6.45, 7) is 1.76. The Hall–Kier alpha value is -1.68. The Kier molecular flexibility index (Phi) is 3.36. The lowest BCUT2D eigenvalue weighted by molar-refractivity contribution is -0.384. The van der Waals surface area contributed by atoms with E-state index in [1.54, 1.807) is 25.1 Å². The van der Waals surface area contributed by atoms with E-state index in [4.69, 9.17) is 5.11 Å². The van der Waals surface area contributed by atoms with Crippen LogP contribution in [-0.2, 0) is 0 Å². The number of nitro benzene ring substituents is 1. The summed E-state index contributed by atoms with van der Waals surface area (Å²) in [5.41, 5.74) is 1.79. The summed E-state index contributed by atoms with van der Waals surface area (Å²) in [6.07, 6.45) is 3.33. The van der Waals surface area contributed by atoms with Crippen LogP contribution in [0.15, 0.2) is 24.3 Å². The van der Waals surface area contributed by atoms with Crippen LogP contribution >= 0.6 is 0 Å². The summed E-state index contributed by atoms with van der Waals surface area (Å²) in [5.74, 6) is 0. The molecule has 1 N–H and O–H groups in total. The van der Waals surface area contributed by atoms with Crippen LogP contribution in [0.25, 0.3) is 6.08 Å². The number of benzene rings is 1. The summed E-state index contributed by atoms with van der Waals surface area (Å²) >= 11 is 0. The van der Waals surface area contributed by atoms with Gasteiger partial charge in [0.1, 0.15) is 0 Å². The van der Waals surface area contributed by atoms with Crippen LogP contribution in [0.1, 0.15) is 11.1 Å². The van der Waals surface area contributed by atoms with E-state index in [0.717, 1.165) is 11.1 Å². The van der Waals surface area contributed by atoms with Crippen LogP contribution in [-0.4, -0.2) is 16.6 Å². The van der Waals surface area contributed by atoms with E-state index < -0.39 is 4.92 Å². The van der Waals surface area contributed by atoms with Gasteiger partial charge in [-0.1, -0.05) is 12.2 Å². The molecule has 0 unspecified atom stereocenters. The fourth-order valence-corrected chi connectivity index (χ4v) is 1.14. The van der Waals surface area contributed by atoms with Crippen molar-refractivity contribution < 1.29 is 10.0 Å². The molecule has 0 amide bonds. The van der Waals surface area contributed by atoms with Gasteiger partial charge < -0.3 is 5.11 Å². The maximum Gasteiger partial charge on any atom is 0.269 e. The smallest absolute Gasteiger partial charge is 0.269 e. The maximum atomic E-state index is 10.4. The van der Waals surface area contributed by atoms with E-state index >= 15 is 0 Å². The molecule has 14 heavy (non-hydrogen) atoms. The first kappa shape index (κ1) is 10.4. The second kappa shape index (κ2) is 4.53. The monoisotopic (exact) mass is 193 g/mol. The van der Waals surface area contributed by atoms with Crippen molar-refractivity contribution in [1.29, 1.82) is 0 Å². The standard InChI is InChI=1S/C10H11NO3/c1-8-7-10(11(13)14)5-4-9(8)3-2-6-12/h2-5,7,12H,6H2,1H3. The van der Waals surface area contributed by atoms with Crippen LogP contribution in [0.5, 0.6) is 0 Å². The van der Waals surface area contributed by atoms with Crippen LogP contribution < -0.4 is 0 Å². The van der Waals surface area contributed by atoms with Crippen molar-refractivity contribution in [2.45, 2.75) is 6.92 Å². The predicted molar refractivity (Wildman–Crippen MR) is 54.0 cm³/mol. The highest BCUT2D eigenvalue weighted by atomic mass is 16.6. The quantitative estimate of drug-likeness (QED) is 0.589. The molecule has 4 nitrogen and oxygen atoms in total. The highest BCUT2D eigenvalue weighted by Gasteiger charge is 2.05. The van der Waals surface area contributed by atoms with Crippen LogP contribution in [0, 0.1) is 17.0 Å². The zero-order valence-electron chi connectivity index (χ0n) is 7.80. The molecule has 0 heterocycles. The topological polar surface area (TPSA) is 63.4 Å². The summed E-state index contributed by atoms with van der Waals surface area (Å²) in [7, 11) is 0. The summed E-state index contributed by atoms with van der Waals surface area (Å²) in [5, 5.41) is 19.0. The van der Waals surface area contributed by atoms with Gasteiger partial charge in [-0.2, -0.15) is 0 Å². The van der Waals surface area contributed by atoms with Gasteiger partial charge in [0.15, 0.2) is 0 Å². The lowest BCUT2D eigenvalue weighted by atomic mass is 10.1. The van der Waals surface area contributed by atoms with Gasteiger partial charge in [-0.3, -0.25) is 10.1 Å². The minimum Gasteiger partial charge on any atom is -0.392 e. The van der Waals surface area contributed by atoms with Crippen molar-refractivity contribution in [3.05, 3.63) is 45.5 Å². The Balaban J connectivity index is 3.01. The van der Waals surface area contributed by atoms with Crippen molar-refractivity contribution in [3.63, 3.8) is 0 Å². The minimum absolute atomic E-state index is 0.0313. The van der Waals surface area contributed by atoms with Gasteiger partial charge in [-0.05, 0) is 24.1 Å². The molecule has 1 rings (SSSR count). The molecular weight excluding hydrogens is 182 g/mol. The summed E-state index contributed by atoms with van der Waals surface area (Å²) in [4.78, 5) is 10.0. The lowest BCUT2D eigenvalue weighted by Crippen LogP contribution is -1.89. The molecular formula is C10H11NO3. The predicted octanol–water partition coefficient (Wildman–Crippen LogP) is 1.91. The molecule has 0 aliphatic carbocycles. The number of nitro groups is 1. The first-order valence-corrected chi connectivity index (χ1v) is 4.17. The number of non-ortho nitro benzene ring substituents is 1. The molecule has 0 saturated carbocycles. The Labute approximate surface area is 81.6 Å². The van der Waals surface area contributed by atoms with E-state index in [1.807, 2.05) is 0 Å². The molecule has 1 aromatic rings. The van der Waals surface area contributed by atoms with Crippen molar-refractivity contribution in [2.75, 3.05) is 6.61 Å². The van der Waals surface area contributed by atoms with Crippen molar-refractivity contribution >= 4 is 11.8 Å². The van der Waals surface area contributed by atoms with Gasteiger partial charge in [0.2, 0.25) is 0 Å². The molecule has 0 spiro atoms. The van der Waals surface area contributed by atoms with Crippen LogP contribution in [0.4, 0.5) is 5.69 Å². The van der Waals surface area contributed by atoms with Crippen molar-refractivity contribution in [3.8, 4) is 0 Å². The molecule has 74 valence electrons. The first-order valence-electron chi connectivity index (χ1n) is 4.17. The summed E-state index contributed by atoms with van der Waals surface area (Å²) in [6, 6.07) is 4.63. The van der Waals surface area contributed by atoms with Gasteiger partial charge in [0, 0.05) is 12.1 Å². The summed E-state index contributed by atoms with van der Waals surface area (Å²) < 4.78 is 0. The SMILES string of the molecule is Cc1cc([N+](=O)[O-])ccc1C=CCO. The Morgan fingerprint density at radius 1 is 1.57 bits per heavy atom. The third-order valence-corrected chi connectivity index (χ3v) is 1.87. The van der Waals surface area contributed by atoms with Crippen LogP contribution in [0.3, 0.4) is 0 Å². The van der Waals surface area contributed by atoms with E-state index in [-0.39, 0.29) is 12.3 Å². The highest BCUT2D eigenvalue weighted by Crippen LogP contribution is 2.17. The highest BCUT2D eigenvalue weighted by molar-refractivity contribution is 5.56. The third-order valence-electron chi connectivity index (χ3n) is 1.87. The maximum absolute atomic E-state index is 10.4. The molecule has 1 aromatic carbocycles. The minimum atomic E-state index is -0.424. The molecule has 0 radical (unpaired) electrons. The van der Waals surface area contributed by atoms with Gasteiger partial charge in [-0.15, -0.1) is 0 Å². The lowest BCUT2D eigenvalue weighted by Gasteiger charge is -1.99. The van der Waals surface area contributed by atoms with Crippen molar-refractivity contribution in [2.24, 2.45) is 0 Å². The largest absolute Gasteiger partial charge is 0.392 e. The average molecular weight is 193 g/mol. The second-order valence-electron chi connectivity index (χ2n) is 2.88. The first-order chi connectivity index (χ1) is 6.65. The number of rotatable bonds is 3. The number of nitrogens with zero attached hydrogens (tertiary/aromatic N) is 1. The molecule has 0 aliphatic heterocycles. The number of aliphatic hydroxyl groups excluding tert-OH is 1. The van der Waals surface area contributed by atoms with Gasteiger partial charge in [0.25, 0.3) is 5.69 Å². The normalized spacial score (nSPS) is 10.7. The van der Waals surface area contributed by atoms with E-state index in [1.165, 1.54) is 12.1 Å². The molecule has 4 heteroatoms. The van der Waals surface area contributed by atoms with Crippen LogP contribution in [0.2, 0.25) is 0 Å². The zero-order chi connectivity index (χ0) is 10.6. The fourth-order valence-electron chi connectivity index (χ4n) is 1.14. The second-order valence-corrected chi connectivity index (χ2v) is 2.88. The Morgan fingerprint density at radius 3 is 2.79 bits per heavy atom. The van der Waals surface area contributed by atoms with Gasteiger partial charge in [0.05, 0.1) is 11.5 Å². The average Bonchev–Trinajstić information content (AvgIpc) is 2.15. The van der Waals surface area contributed by atoms with E-state index in [0.29, 0.717) is 0 Å². The molecule has 0 bridgehead atoms. The van der Waals surface area contributed by atoms with Gasteiger partial charge in [-0.25, -0.2) is 0 Å².